The molecule has 0 spiro atoms. The van der Waals surface area contributed by atoms with Gasteiger partial charge in [0.05, 0.1) is 6.61 Å². The Labute approximate surface area is 96.2 Å². The normalized spacial score (nSPS) is 12.2. The molecule has 1 aromatic carbocycles. The average molecular weight is 225 g/mol. The third-order valence-electron chi connectivity index (χ3n) is 2.28. The second-order valence-corrected chi connectivity index (χ2v) is 3.51. The predicted molar refractivity (Wildman–Crippen MR) is 63.7 cm³/mol. The number of hydrogen-bond donors (Lipinski definition) is 2. The third kappa shape index (κ3) is 4.08. The number of anilines is 1. The van der Waals surface area contributed by atoms with Gasteiger partial charge in [0.15, 0.2) is 6.79 Å². The first kappa shape index (κ1) is 12.8. The summed E-state index contributed by atoms with van der Waals surface area (Å²) in [6.07, 6.45) is 0.887. The zero-order chi connectivity index (χ0) is 11.8. The van der Waals surface area contributed by atoms with E-state index in [1.807, 2.05) is 31.2 Å². The molecule has 4 heteroatoms. The molecule has 0 fully saturated rings. The van der Waals surface area contributed by atoms with Crippen LogP contribution in [0, 0.1) is 0 Å². The first-order valence-electron chi connectivity index (χ1n) is 5.39. The fraction of sp³-hybridized carbons (Fsp3) is 0.500. The molecule has 0 aliphatic rings. The fourth-order valence-corrected chi connectivity index (χ4v) is 1.29. The maximum Gasteiger partial charge on any atom is 0.188 e. The monoisotopic (exact) mass is 225 g/mol. The molecule has 2 N–H and O–H groups in total. The molecule has 1 unspecified atom stereocenters. The highest BCUT2D eigenvalue weighted by molar-refractivity contribution is 5.47. The maximum absolute atomic E-state index is 9.05. The molecule has 0 bridgehead atoms. The molecule has 0 aliphatic heterocycles. The van der Waals surface area contributed by atoms with Gasteiger partial charge in [-0.15, -0.1) is 0 Å². The van der Waals surface area contributed by atoms with Gasteiger partial charge in [0.2, 0.25) is 0 Å². The van der Waals surface area contributed by atoms with E-state index in [9.17, 15) is 0 Å². The molecule has 0 aliphatic carbocycles. The van der Waals surface area contributed by atoms with Crippen molar-refractivity contribution in [3.8, 4) is 5.75 Å². The number of aliphatic hydroxyl groups is 1. The molecule has 1 atom stereocenters. The smallest absolute Gasteiger partial charge is 0.188 e. The summed E-state index contributed by atoms with van der Waals surface area (Å²) in [4.78, 5) is 0. The molecule has 0 heterocycles. The molecular weight excluding hydrogens is 206 g/mol. The Hall–Kier alpha value is -1.26. The van der Waals surface area contributed by atoms with Crippen LogP contribution in [0.1, 0.15) is 13.3 Å². The van der Waals surface area contributed by atoms with Crippen LogP contribution in [0.2, 0.25) is 0 Å². The van der Waals surface area contributed by atoms with E-state index in [0.29, 0.717) is 0 Å². The number of ether oxygens (including phenoxy) is 2. The molecular formula is C12H19NO3. The Balaban J connectivity index is 2.50. The summed E-state index contributed by atoms with van der Waals surface area (Å²) < 4.78 is 10.1. The average Bonchev–Trinajstić information content (AvgIpc) is 2.35. The van der Waals surface area contributed by atoms with Crippen LogP contribution in [0.4, 0.5) is 5.69 Å². The predicted octanol–water partition coefficient (Wildman–Crippen LogP) is 1.85. The van der Waals surface area contributed by atoms with Crippen molar-refractivity contribution in [2.24, 2.45) is 0 Å². The van der Waals surface area contributed by atoms with E-state index in [4.69, 9.17) is 14.6 Å². The van der Waals surface area contributed by atoms with E-state index in [-0.39, 0.29) is 19.4 Å². The first-order chi connectivity index (χ1) is 7.80. The van der Waals surface area contributed by atoms with Crippen LogP contribution in [0.15, 0.2) is 24.3 Å². The summed E-state index contributed by atoms with van der Waals surface area (Å²) in [5.41, 5.74) is 0.977. The van der Waals surface area contributed by atoms with Crippen molar-refractivity contribution < 1.29 is 14.6 Å². The lowest BCUT2D eigenvalue weighted by molar-refractivity contribution is 0.0511. The first-order valence-corrected chi connectivity index (χ1v) is 5.39. The standard InChI is InChI=1S/C12H19NO3/c1-3-10(8-14)13-11-4-6-12(7-5-11)16-9-15-2/h4-7,10,13-14H,3,8-9H2,1-2H3. The third-order valence-corrected chi connectivity index (χ3v) is 2.28. The zero-order valence-electron chi connectivity index (χ0n) is 9.77. The molecule has 0 saturated carbocycles. The maximum atomic E-state index is 9.05. The van der Waals surface area contributed by atoms with Crippen molar-refractivity contribution in [3.05, 3.63) is 24.3 Å². The lowest BCUT2D eigenvalue weighted by Crippen LogP contribution is -2.22. The van der Waals surface area contributed by atoms with E-state index in [0.717, 1.165) is 17.9 Å². The van der Waals surface area contributed by atoms with Gasteiger partial charge < -0.3 is 19.9 Å². The van der Waals surface area contributed by atoms with Crippen LogP contribution in [-0.4, -0.2) is 31.7 Å². The minimum Gasteiger partial charge on any atom is -0.468 e. The molecule has 0 radical (unpaired) electrons. The van der Waals surface area contributed by atoms with Gasteiger partial charge in [-0.3, -0.25) is 0 Å². The lowest BCUT2D eigenvalue weighted by Gasteiger charge is -2.15. The quantitative estimate of drug-likeness (QED) is 0.695. The van der Waals surface area contributed by atoms with E-state index >= 15 is 0 Å². The Morgan fingerprint density at radius 3 is 2.50 bits per heavy atom. The molecule has 4 nitrogen and oxygen atoms in total. The molecule has 0 amide bonds. The van der Waals surface area contributed by atoms with E-state index in [2.05, 4.69) is 5.32 Å². The van der Waals surface area contributed by atoms with Crippen molar-refractivity contribution in [1.29, 1.82) is 0 Å². The Bertz CT molecular complexity index is 283. The molecule has 90 valence electrons. The van der Waals surface area contributed by atoms with Gasteiger partial charge in [-0.05, 0) is 30.7 Å². The van der Waals surface area contributed by atoms with Crippen molar-refractivity contribution in [1.82, 2.24) is 0 Å². The number of methoxy groups -OCH3 is 1. The van der Waals surface area contributed by atoms with Gasteiger partial charge in [-0.25, -0.2) is 0 Å². The number of aliphatic hydroxyl groups excluding tert-OH is 1. The minimum atomic E-state index is 0.103. The van der Waals surface area contributed by atoms with Crippen LogP contribution >= 0.6 is 0 Å². The summed E-state index contributed by atoms with van der Waals surface area (Å²) in [6, 6.07) is 7.68. The highest BCUT2D eigenvalue weighted by atomic mass is 16.7. The highest BCUT2D eigenvalue weighted by Crippen LogP contribution is 2.16. The van der Waals surface area contributed by atoms with Crippen LogP contribution in [0.5, 0.6) is 5.75 Å². The van der Waals surface area contributed by atoms with Crippen molar-refractivity contribution in [2.45, 2.75) is 19.4 Å². The largest absolute Gasteiger partial charge is 0.468 e. The Kier molecular flexibility index (Phi) is 5.67. The zero-order valence-corrected chi connectivity index (χ0v) is 9.77. The summed E-state index contributed by atoms with van der Waals surface area (Å²) >= 11 is 0. The summed E-state index contributed by atoms with van der Waals surface area (Å²) in [5.74, 6) is 0.768. The van der Waals surface area contributed by atoms with Gasteiger partial charge in [0.1, 0.15) is 5.75 Å². The number of rotatable bonds is 7. The van der Waals surface area contributed by atoms with Crippen LogP contribution in [0.3, 0.4) is 0 Å². The highest BCUT2D eigenvalue weighted by Gasteiger charge is 2.03. The second-order valence-electron chi connectivity index (χ2n) is 3.51. The molecule has 0 saturated heterocycles. The van der Waals surface area contributed by atoms with Gasteiger partial charge >= 0.3 is 0 Å². The lowest BCUT2D eigenvalue weighted by atomic mass is 10.2. The molecule has 1 aromatic rings. The summed E-state index contributed by atoms with van der Waals surface area (Å²) in [6.45, 7) is 2.42. The Morgan fingerprint density at radius 1 is 1.31 bits per heavy atom. The number of hydrogen-bond acceptors (Lipinski definition) is 4. The van der Waals surface area contributed by atoms with Crippen molar-refractivity contribution in [2.75, 3.05) is 25.8 Å². The van der Waals surface area contributed by atoms with Gasteiger partial charge in [0, 0.05) is 18.8 Å². The van der Waals surface area contributed by atoms with E-state index in [1.165, 1.54) is 0 Å². The molecule has 0 aromatic heterocycles. The van der Waals surface area contributed by atoms with Gasteiger partial charge in [-0.2, -0.15) is 0 Å². The molecule has 1 rings (SSSR count). The summed E-state index contributed by atoms with van der Waals surface area (Å²) in [7, 11) is 1.59. The SMILES string of the molecule is CCC(CO)Nc1ccc(OCOC)cc1. The van der Waals surface area contributed by atoms with Gasteiger partial charge in [-0.1, -0.05) is 6.92 Å². The van der Waals surface area contributed by atoms with Crippen LogP contribution in [0.25, 0.3) is 0 Å². The second kappa shape index (κ2) is 7.09. The Morgan fingerprint density at radius 2 is 2.00 bits per heavy atom. The van der Waals surface area contributed by atoms with Crippen LogP contribution in [-0.2, 0) is 4.74 Å². The fourth-order valence-electron chi connectivity index (χ4n) is 1.29. The summed E-state index contributed by atoms with van der Waals surface area (Å²) in [5, 5.41) is 12.3. The van der Waals surface area contributed by atoms with Crippen molar-refractivity contribution in [3.63, 3.8) is 0 Å². The minimum absolute atomic E-state index is 0.103. The van der Waals surface area contributed by atoms with Crippen molar-refractivity contribution >= 4 is 5.69 Å². The number of nitrogens with one attached hydrogen (secondary N) is 1. The number of benzene rings is 1. The van der Waals surface area contributed by atoms with Gasteiger partial charge in [0.25, 0.3) is 0 Å². The molecule has 16 heavy (non-hydrogen) atoms. The topological polar surface area (TPSA) is 50.7 Å². The van der Waals surface area contributed by atoms with Crippen LogP contribution < -0.4 is 10.1 Å². The van der Waals surface area contributed by atoms with E-state index in [1.54, 1.807) is 7.11 Å². The van der Waals surface area contributed by atoms with E-state index < -0.39 is 0 Å².